The second kappa shape index (κ2) is 5.35. The minimum absolute atomic E-state index is 0.400. The van der Waals surface area contributed by atoms with Crippen molar-refractivity contribution in [2.75, 3.05) is 7.05 Å². The maximum Gasteiger partial charge on any atom is 0.0852 e. The van der Waals surface area contributed by atoms with Gasteiger partial charge in [-0.15, -0.1) is 0 Å². The predicted molar refractivity (Wildman–Crippen MR) is 71.4 cm³/mol. The minimum atomic E-state index is 0.400. The van der Waals surface area contributed by atoms with Crippen molar-refractivity contribution in [3.8, 4) is 0 Å². The Kier molecular flexibility index (Phi) is 3.81. The number of hydrogen-bond acceptors (Lipinski definition) is 3. The van der Waals surface area contributed by atoms with Crippen molar-refractivity contribution >= 4 is 0 Å². The molecule has 18 heavy (non-hydrogen) atoms. The maximum atomic E-state index is 4.54. The smallest absolute Gasteiger partial charge is 0.0852 e. The van der Waals surface area contributed by atoms with Crippen LogP contribution in [0.4, 0.5) is 0 Å². The number of hydrogen-bond donors (Lipinski definition) is 1. The fraction of sp³-hybridized carbons (Fsp3) is 0.538. The summed E-state index contributed by atoms with van der Waals surface area (Å²) in [5.41, 5.74) is 3.48. The molecule has 2 aromatic heterocycles. The normalized spacial score (nSPS) is 11.4. The first-order valence-corrected chi connectivity index (χ1v) is 6.31. The van der Waals surface area contributed by atoms with Crippen LogP contribution in [-0.4, -0.2) is 26.6 Å². The van der Waals surface area contributed by atoms with Crippen molar-refractivity contribution in [1.29, 1.82) is 0 Å². The van der Waals surface area contributed by atoms with E-state index in [0.29, 0.717) is 6.04 Å². The van der Waals surface area contributed by atoms with E-state index in [9.17, 15) is 0 Å². The van der Waals surface area contributed by atoms with Gasteiger partial charge in [0.2, 0.25) is 0 Å². The van der Waals surface area contributed by atoms with E-state index in [2.05, 4.69) is 42.4 Å². The zero-order valence-corrected chi connectivity index (χ0v) is 11.5. The van der Waals surface area contributed by atoms with Gasteiger partial charge >= 0.3 is 0 Å². The average Bonchev–Trinajstić information content (AvgIpc) is 2.91. The van der Waals surface area contributed by atoms with Crippen molar-refractivity contribution in [2.24, 2.45) is 0 Å². The van der Waals surface area contributed by atoms with Crippen molar-refractivity contribution in [2.45, 2.75) is 39.9 Å². The average molecular weight is 247 g/mol. The highest BCUT2D eigenvalue weighted by atomic mass is 15.3. The number of nitrogens with zero attached hydrogens (tertiary/aromatic N) is 4. The highest BCUT2D eigenvalue weighted by Crippen LogP contribution is 2.10. The van der Waals surface area contributed by atoms with Gasteiger partial charge in [-0.05, 0) is 33.9 Å². The summed E-state index contributed by atoms with van der Waals surface area (Å²) in [6.07, 6.45) is 3.94. The Labute approximate surface area is 108 Å². The standard InChI is InChI=1S/C13H21N5/c1-10(2)17-6-5-13(16-17)9-18-11(3)12(7-14-4)8-15-18/h5-6,8,10,14H,7,9H2,1-4H3. The molecule has 0 radical (unpaired) electrons. The second-order valence-corrected chi connectivity index (χ2v) is 4.82. The van der Waals surface area contributed by atoms with E-state index < -0.39 is 0 Å². The molecule has 2 aromatic rings. The van der Waals surface area contributed by atoms with Crippen LogP contribution in [0.2, 0.25) is 0 Å². The third-order valence-corrected chi connectivity index (χ3v) is 3.08. The molecule has 0 aliphatic carbocycles. The highest BCUT2D eigenvalue weighted by molar-refractivity contribution is 5.17. The molecule has 0 unspecified atom stereocenters. The number of aromatic nitrogens is 4. The molecule has 0 amide bonds. The zero-order valence-electron chi connectivity index (χ0n) is 11.5. The molecule has 0 aromatic carbocycles. The molecule has 1 N–H and O–H groups in total. The summed E-state index contributed by atoms with van der Waals surface area (Å²) >= 11 is 0. The molecule has 0 atom stereocenters. The molecule has 5 nitrogen and oxygen atoms in total. The number of nitrogens with one attached hydrogen (secondary N) is 1. The van der Waals surface area contributed by atoms with E-state index in [1.54, 1.807) is 0 Å². The molecule has 2 heterocycles. The first-order valence-electron chi connectivity index (χ1n) is 6.31. The summed E-state index contributed by atoms with van der Waals surface area (Å²) in [6, 6.07) is 2.45. The summed E-state index contributed by atoms with van der Waals surface area (Å²) in [4.78, 5) is 0. The van der Waals surface area contributed by atoms with Gasteiger partial charge < -0.3 is 5.32 Å². The predicted octanol–water partition coefficient (Wildman–Crippen LogP) is 1.74. The summed E-state index contributed by atoms with van der Waals surface area (Å²) < 4.78 is 3.97. The van der Waals surface area contributed by atoms with Gasteiger partial charge in [0.1, 0.15) is 0 Å². The molecule has 0 aliphatic heterocycles. The molecule has 0 aliphatic rings. The van der Waals surface area contributed by atoms with Gasteiger partial charge in [0.25, 0.3) is 0 Å². The lowest BCUT2D eigenvalue weighted by Gasteiger charge is -2.05. The Bertz CT molecular complexity index is 509. The lowest BCUT2D eigenvalue weighted by Crippen LogP contribution is -2.09. The molecule has 0 bridgehead atoms. The van der Waals surface area contributed by atoms with Crippen molar-refractivity contribution in [3.05, 3.63) is 35.4 Å². The lowest BCUT2D eigenvalue weighted by molar-refractivity contribution is 0.519. The third-order valence-electron chi connectivity index (χ3n) is 3.08. The summed E-state index contributed by atoms with van der Waals surface area (Å²) in [5.74, 6) is 0. The first kappa shape index (κ1) is 12.8. The van der Waals surface area contributed by atoms with Crippen LogP contribution in [0, 0.1) is 6.92 Å². The van der Waals surface area contributed by atoms with E-state index in [-0.39, 0.29) is 0 Å². The van der Waals surface area contributed by atoms with Gasteiger partial charge in [0.05, 0.1) is 18.4 Å². The van der Waals surface area contributed by atoms with Crippen LogP contribution >= 0.6 is 0 Å². The van der Waals surface area contributed by atoms with Crippen LogP contribution in [0.1, 0.15) is 36.8 Å². The summed E-state index contributed by atoms with van der Waals surface area (Å²) in [6.45, 7) is 7.93. The van der Waals surface area contributed by atoms with Crippen molar-refractivity contribution in [3.63, 3.8) is 0 Å². The minimum Gasteiger partial charge on any atom is -0.316 e. The van der Waals surface area contributed by atoms with Gasteiger partial charge in [0.15, 0.2) is 0 Å². The fourth-order valence-electron chi connectivity index (χ4n) is 1.91. The topological polar surface area (TPSA) is 47.7 Å². The second-order valence-electron chi connectivity index (χ2n) is 4.82. The van der Waals surface area contributed by atoms with Gasteiger partial charge in [0, 0.05) is 30.0 Å². The van der Waals surface area contributed by atoms with Gasteiger partial charge in [-0.25, -0.2) is 0 Å². The fourth-order valence-corrected chi connectivity index (χ4v) is 1.91. The highest BCUT2D eigenvalue weighted by Gasteiger charge is 2.08. The van der Waals surface area contributed by atoms with Crippen molar-refractivity contribution in [1.82, 2.24) is 24.9 Å². The Hall–Kier alpha value is -1.62. The molecule has 0 saturated carbocycles. The van der Waals surface area contributed by atoms with E-state index in [1.165, 1.54) is 11.3 Å². The van der Waals surface area contributed by atoms with Crippen LogP contribution in [0.15, 0.2) is 18.5 Å². The Morgan fingerprint density at radius 2 is 2.17 bits per heavy atom. The molecule has 0 fully saturated rings. The lowest BCUT2D eigenvalue weighted by atomic mass is 10.2. The zero-order chi connectivity index (χ0) is 13.1. The molecule has 98 valence electrons. The Balaban J connectivity index is 2.13. The van der Waals surface area contributed by atoms with E-state index in [4.69, 9.17) is 0 Å². The third kappa shape index (κ3) is 2.61. The summed E-state index contributed by atoms with van der Waals surface area (Å²) in [5, 5.41) is 12.1. The largest absolute Gasteiger partial charge is 0.316 e. The van der Waals surface area contributed by atoms with Crippen LogP contribution in [0.5, 0.6) is 0 Å². The Morgan fingerprint density at radius 1 is 1.39 bits per heavy atom. The quantitative estimate of drug-likeness (QED) is 0.875. The van der Waals surface area contributed by atoms with Crippen molar-refractivity contribution < 1.29 is 0 Å². The van der Waals surface area contributed by atoms with Crippen LogP contribution < -0.4 is 5.32 Å². The molecule has 0 saturated heterocycles. The Morgan fingerprint density at radius 3 is 2.78 bits per heavy atom. The molecule has 5 heteroatoms. The summed E-state index contributed by atoms with van der Waals surface area (Å²) in [7, 11) is 1.95. The molecular weight excluding hydrogens is 226 g/mol. The molecule has 2 rings (SSSR count). The monoisotopic (exact) mass is 247 g/mol. The van der Waals surface area contributed by atoms with Gasteiger partial charge in [-0.1, -0.05) is 0 Å². The van der Waals surface area contributed by atoms with E-state index >= 15 is 0 Å². The van der Waals surface area contributed by atoms with Crippen LogP contribution in [-0.2, 0) is 13.1 Å². The maximum absolute atomic E-state index is 4.54. The van der Waals surface area contributed by atoms with E-state index in [1.807, 2.05) is 28.8 Å². The van der Waals surface area contributed by atoms with Crippen LogP contribution in [0.3, 0.4) is 0 Å². The van der Waals surface area contributed by atoms with E-state index in [0.717, 1.165) is 18.8 Å². The number of rotatable bonds is 5. The molecular formula is C13H21N5. The van der Waals surface area contributed by atoms with Gasteiger partial charge in [-0.3, -0.25) is 9.36 Å². The first-order chi connectivity index (χ1) is 8.61. The molecule has 0 spiro atoms. The van der Waals surface area contributed by atoms with Gasteiger partial charge in [-0.2, -0.15) is 10.2 Å². The SMILES string of the molecule is CNCc1cnn(Cc2ccn(C(C)C)n2)c1C. The van der Waals surface area contributed by atoms with Crippen LogP contribution in [0.25, 0.3) is 0 Å².